The molecule has 0 saturated heterocycles. The first-order chi connectivity index (χ1) is 11.9. The van der Waals surface area contributed by atoms with Crippen LogP contribution in [0.1, 0.15) is 43.7 Å². The quantitative estimate of drug-likeness (QED) is 0.667. The van der Waals surface area contributed by atoms with Crippen LogP contribution in [0.15, 0.2) is 30.3 Å². The van der Waals surface area contributed by atoms with Gasteiger partial charge in [-0.3, -0.25) is 9.59 Å². The molecule has 7 heteroatoms. The minimum Gasteiger partial charge on any atom is -0.355 e. The maximum Gasteiger partial charge on any atom is 0.248 e. The van der Waals surface area contributed by atoms with Gasteiger partial charge in [0.05, 0.1) is 11.4 Å². The number of hydrogen-bond donors (Lipinski definition) is 2. The molecule has 2 N–H and O–H groups in total. The molecule has 1 aromatic carbocycles. The molecule has 0 bridgehead atoms. The molecule has 2 amide bonds. The largest absolute Gasteiger partial charge is 0.355 e. The Balaban J connectivity index is 1.95. The molecule has 0 radical (unpaired) electrons. The van der Waals surface area contributed by atoms with Crippen LogP contribution >= 0.6 is 15.9 Å². The summed E-state index contributed by atoms with van der Waals surface area (Å²) < 4.78 is 26.5. The van der Waals surface area contributed by atoms with Gasteiger partial charge in [0.15, 0.2) is 0 Å². The molecule has 4 nitrogen and oxygen atoms in total. The minimum absolute atomic E-state index is 0.118. The molecule has 1 aliphatic rings. The van der Waals surface area contributed by atoms with Crippen molar-refractivity contribution in [3.63, 3.8) is 0 Å². The van der Waals surface area contributed by atoms with E-state index >= 15 is 0 Å². The lowest BCUT2D eigenvalue weighted by Gasteiger charge is -2.29. The summed E-state index contributed by atoms with van der Waals surface area (Å²) in [6.45, 7) is 0.424. The summed E-state index contributed by atoms with van der Waals surface area (Å²) >= 11 is 3.09. The van der Waals surface area contributed by atoms with Crippen LogP contribution in [0.2, 0.25) is 0 Å². The molecular weight excluding hydrogens is 394 g/mol. The summed E-state index contributed by atoms with van der Waals surface area (Å²) in [4.78, 5) is 23.8. The Morgan fingerprint density at radius 3 is 2.44 bits per heavy atom. The van der Waals surface area contributed by atoms with Gasteiger partial charge in [0.1, 0.15) is 0 Å². The monoisotopic (exact) mass is 416 g/mol. The van der Waals surface area contributed by atoms with Crippen LogP contribution in [0.3, 0.4) is 0 Å². The standard InChI is InChI=1S/C18H23BrF2N2O2/c19-12-16(24)22-11-8-15(13-4-2-1-3-5-13)23-17(25)14-6-9-18(20,21)10-7-14/h1-5,14-15H,6-12H2,(H,22,24)(H,23,25). The summed E-state index contributed by atoms with van der Waals surface area (Å²) in [5, 5.41) is 5.96. The third kappa shape index (κ3) is 6.38. The number of carbonyl (C=O) groups is 2. The highest BCUT2D eigenvalue weighted by atomic mass is 79.9. The average Bonchev–Trinajstić information content (AvgIpc) is 2.61. The highest BCUT2D eigenvalue weighted by Gasteiger charge is 2.37. The van der Waals surface area contributed by atoms with Crippen molar-refractivity contribution in [3.05, 3.63) is 35.9 Å². The highest BCUT2D eigenvalue weighted by molar-refractivity contribution is 9.09. The number of halogens is 3. The van der Waals surface area contributed by atoms with Crippen molar-refractivity contribution >= 4 is 27.7 Å². The van der Waals surface area contributed by atoms with Crippen LogP contribution in [-0.2, 0) is 9.59 Å². The van der Waals surface area contributed by atoms with Crippen LogP contribution in [0, 0.1) is 5.92 Å². The lowest BCUT2D eigenvalue weighted by molar-refractivity contribution is -0.130. The number of nitrogens with one attached hydrogen (secondary N) is 2. The second kappa shape index (κ2) is 9.27. The molecule has 1 atom stereocenters. The maximum absolute atomic E-state index is 13.3. The van der Waals surface area contributed by atoms with Crippen molar-refractivity contribution in [2.24, 2.45) is 5.92 Å². The zero-order valence-corrected chi connectivity index (χ0v) is 15.5. The van der Waals surface area contributed by atoms with Crippen molar-refractivity contribution in [2.75, 3.05) is 11.9 Å². The highest BCUT2D eigenvalue weighted by Crippen LogP contribution is 2.36. The summed E-state index contributed by atoms with van der Waals surface area (Å²) in [7, 11) is 0. The molecule has 25 heavy (non-hydrogen) atoms. The van der Waals surface area contributed by atoms with Crippen LogP contribution in [-0.4, -0.2) is 29.6 Å². The minimum atomic E-state index is -2.64. The third-order valence-corrected chi connectivity index (χ3v) is 4.99. The number of alkyl halides is 3. The van der Waals surface area contributed by atoms with E-state index in [2.05, 4.69) is 26.6 Å². The molecule has 1 aromatic rings. The molecule has 0 aromatic heterocycles. The molecule has 1 fully saturated rings. The summed E-state index contributed by atoms with van der Waals surface area (Å²) in [5.74, 6) is -3.32. The fraction of sp³-hybridized carbons (Fsp3) is 0.556. The van der Waals surface area contributed by atoms with E-state index < -0.39 is 5.92 Å². The Kier molecular flexibility index (Phi) is 7.35. The van der Waals surface area contributed by atoms with Gasteiger partial charge in [-0.15, -0.1) is 0 Å². The zero-order valence-electron chi connectivity index (χ0n) is 13.9. The van der Waals surface area contributed by atoms with Gasteiger partial charge in [-0.1, -0.05) is 46.3 Å². The Hall–Kier alpha value is -1.50. The van der Waals surface area contributed by atoms with E-state index in [9.17, 15) is 18.4 Å². The van der Waals surface area contributed by atoms with E-state index in [1.807, 2.05) is 30.3 Å². The lowest BCUT2D eigenvalue weighted by atomic mass is 9.86. The molecular formula is C18H23BrF2N2O2. The SMILES string of the molecule is O=C(CBr)NCCC(NC(=O)C1CCC(F)(F)CC1)c1ccccc1. The molecule has 1 aliphatic carbocycles. The number of hydrogen-bond acceptors (Lipinski definition) is 2. The van der Waals surface area contributed by atoms with Crippen molar-refractivity contribution in [1.29, 1.82) is 0 Å². The van der Waals surface area contributed by atoms with Gasteiger partial charge in [0, 0.05) is 25.3 Å². The van der Waals surface area contributed by atoms with Gasteiger partial charge in [-0.25, -0.2) is 8.78 Å². The van der Waals surface area contributed by atoms with Crippen molar-refractivity contribution in [2.45, 2.75) is 44.1 Å². The lowest BCUT2D eigenvalue weighted by Crippen LogP contribution is -2.39. The molecule has 0 spiro atoms. The fourth-order valence-electron chi connectivity index (χ4n) is 3.00. The number of amides is 2. The number of rotatable bonds is 7. The molecule has 138 valence electrons. The maximum atomic E-state index is 13.3. The van der Waals surface area contributed by atoms with Gasteiger partial charge < -0.3 is 10.6 Å². The van der Waals surface area contributed by atoms with E-state index in [0.29, 0.717) is 13.0 Å². The van der Waals surface area contributed by atoms with E-state index in [1.54, 1.807) is 0 Å². The number of benzene rings is 1. The van der Waals surface area contributed by atoms with Crippen LogP contribution in [0.25, 0.3) is 0 Å². The first-order valence-corrected chi connectivity index (χ1v) is 9.59. The molecule has 2 rings (SSSR count). The van der Waals surface area contributed by atoms with Gasteiger partial charge in [0.25, 0.3) is 0 Å². The molecule has 1 saturated carbocycles. The fourth-order valence-corrected chi connectivity index (χ4v) is 3.20. The van der Waals surface area contributed by atoms with E-state index in [-0.39, 0.29) is 54.8 Å². The van der Waals surface area contributed by atoms with Gasteiger partial charge in [-0.05, 0) is 24.8 Å². The average molecular weight is 417 g/mol. The van der Waals surface area contributed by atoms with Gasteiger partial charge in [-0.2, -0.15) is 0 Å². The zero-order chi connectivity index (χ0) is 18.3. The molecule has 0 heterocycles. The predicted octanol–water partition coefficient (Wildman–Crippen LogP) is 3.57. The number of carbonyl (C=O) groups excluding carboxylic acids is 2. The predicted molar refractivity (Wildman–Crippen MR) is 95.7 cm³/mol. The van der Waals surface area contributed by atoms with E-state index in [1.165, 1.54) is 0 Å². The molecule has 1 unspecified atom stereocenters. The second-order valence-electron chi connectivity index (χ2n) is 6.37. The summed E-state index contributed by atoms with van der Waals surface area (Å²) in [6, 6.07) is 9.21. The van der Waals surface area contributed by atoms with Crippen molar-refractivity contribution < 1.29 is 18.4 Å². The Labute approximate surface area is 154 Å². The van der Waals surface area contributed by atoms with Gasteiger partial charge in [0.2, 0.25) is 17.7 Å². The first kappa shape index (κ1) is 19.8. The third-order valence-electron chi connectivity index (χ3n) is 4.48. The first-order valence-electron chi connectivity index (χ1n) is 8.47. The second-order valence-corrected chi connectivity index (χ2v) is 6.94. The van der Waals surface area contributed by atoms with Crippen LogP contribution in [0.4, 0.5) is 8.78 Å². The van der Waals surface area contributed by atoms with Crippen LogP contribution in [0.5, 0.6) is 0 Å². The normalized spacial score (nSPS) is 18.4. The Morgan fingerprint density at radius 2 is 1.84 bits per heavy atom. The Morgan fingerprint density at radius 1 is 1.20 bits per heavy atom. The molecule has 0 aliphatic heterocycles. The van der Waals surface area contributed by atoms with E-state index in [0.717, 1.165) is 5.56 Å². The van der Waals surface area contributed by atoms with Gasteiger partial charge >= 0.3 is 0 Å². The Bertz CT molecular complexity index is 574. The van der Waals surface area contributed by atoms with E-state index in [4.69, 9.17) is 0 Å². The van der Waals surface area contributed by atoms with Crippen LogP contribution < -0.4 is 10.6 Å². The smallest absolute Gasteiger partial charge is 0.248 e. The summed E-state index contributed by atoms with van der Waals surface area (Å²) in [5.41, 5.74) is 0.935. The topological polar surface area (TPSA) is 58.2 Å². The van der Waals surface area contributed by atoms with Crippen molar-refractivity contribution in [3.8, 4) is 0 Å². The van der Waals surface area contributed by atoms with Crippen molar-refractivity contribution in [1.82, 2.24) is 10.6 Å². The summed E-state index contributed by atoms with van der Waals surface area (Å²) in [6.07, 6.45) is 0.490.